The lowest BCUT2D eigenvalue weighted by atomic mass is 10.2. The highest BCUT2D eigenvalue weighted by Crippen LogP contribution is 2.28. The lowest BCUT2D eigenvalue weighted by molar-refractivity contribution is -0.137. The summed E-state index contributed by atoms with van der Waals surface area (Å²) in [7, 11) is 0. The van der Waals surface area contributed by atoms with Crippen LogP contribution in [0.5, 0.6) is 0 Å². The molecule has 0 aliphatic rings. The van der Waals surface area contributed by atoms with Crippen LogP contribution < -0.4 is 0 Å². The van der Waals surface area contributed by atoms with Gasteiger partial charge in [0.1, 0.15) is 0 Å². The lowest BCUT2D eigenvalue weighted by Crippen LogP contribution is -1.94. The first-order chi connectivity index (χ1) is 6.09. The number of thiophene rings is 1. The van der Waals surface area contributed by atoms with Crippen molar-refractivity contribution in [2.24, 2.45) is 0 Å². The highest BCUT2D eigenvalue weighted by atomic mass is 79.9. The Kier molecular flexibility index (Phi) is 3.93. The highest BCUT2D eigenvalue weighted by Gasteiger charge is 2.03. The van der Waals surface area contributed by atoms with E-state index >= 15 is 0 Å². The molecule has 4 heteroatoms. The quantitative estimate of drug-likeness (QED) is 0.905. The van der Waals surface area contributed by atoms with E-state index < -0.39 is 5.97 Å². The van der Waals surface area contributed by atoms with Gasteiger partial charge in [0.2, 0.25) is 0 Å². The number of hydrogen-bond acceptors (Lipinski definition) is 2. The summed E-state index contributed by atoms with van der Waals surface area (Å²) in [6, 6.07) is 2.11. The molecule has 0 saturated carbocycles. The summed E-state index contributed by atoms with van der Waals surface area (Å²) in [5.74, 6) is -0.715. The van der Waals surface area contributed by atoms with Gasteiger partial charge in [0.15, 0.2) is 0 Å². The first-order valence-electron chi connectivity index (χ1n) is 4.06. The minimum absolute atomic E-state index is 0.258. The van der Waals surface area contributed by atoms with Crippen LogP contribution in [0.15, 0.2) is 9.85 Å². The van der Waals surface area contributed by atoms with Gasteiger partial charge in [0.05, 0.1) is 3.79 Å². The summed E-state index contributed by atoms with van der Waals surface area (Å²) >= 11 is 5.13. The van der Waals surface area contributed by atoms with Crippen molar-refractivity contribution in [1.82, 2.24) is 0 Å². The average Bonchev–Trinajstić information content (AvgIpc) is 2.30. The number of aryl methyl sites for hydroxylation is 2. The van der Waals surface area contributed by atoms with Gasteiger partial charge >= 0.3 is 5.97 Å². The Morgan fingerprint density at radius 2 is 2.38 bits per heavy atom. The van der Waals surface area contributed by atoms with E-state index in [1.807, 2.05) is 6.92 Å². The van der Waals surface area contributed by atoms with E-state index in [1.165, 1.54) is 10.4 Å². The predicted octanol–water partition coefficient (Wildman–Crippen LogP) is 3.23. The largest absolute Gasteiger partial charge is 0.481 e. The van der Waals surface area contributed by atoms with Gasteiger partial charge in [0.25, 0.3) is 0 Å². The van der Waals surface area contributed by atoms with Crippen molar-refractivity contribution >= 4 is 33.2 Å². The summed E-state index contributed by atoms with van der Waals surface area (Å²) in [5, 5.41) is 8.45. The summed E-state index contributed by atoms with van der Waals surface area (Å²) in [6.07, 6.45) is 1.85. The van der Waals surface area contributed by atoms with E-state index in [9.17, 15) is 4.79 Å². The number of rotatable bonds is 4. The molecule has 1 rings (SSSR count). The third-order valence-electron chi connectivity index (χ3n) is 1.72. The Morgan fingerprint density at radius 3 is 2.85 bits per heavy atom. The molecule has 0 bridgehead atoms. The van der Waals surface area contributed by atoms with Crippen LogP contribution in [-0.2, 0) is 11.2 Å². The molecule has 0 radical (unpaired) electrons. The van der Waals surface area contributed by atoms with Gasteiger partial charge in [-0.3, -0.25) is 4.79 Å². The van der Waals surface area contributed by atoms with Gasteiger partial charge in [-0.1, -0.05) is 0 Å². The van der Waals surface area contributed by atoms with Gasteiger partial charge in [-0.15, -0.1) is 11.3 Å². The molecular weight excluding hydrogens is 252 g/mol. The van der Waals surface area contributed by atoms with Crippen LogP contribution in [0, 0.1) is 6.92 Å². The van der Waals surface area contributed by atoms with E-state index in [0.29, 0.717) is 0 Å². The van der Waals surface area contributed by atoms with Gasteiger partial charge < -0.3 is 5.11 Å². The van der Waals surface area contributed by atoms with E-state index in [4.69, 9.17) is 5.11 Å². The van der Waals surface area contributed by atoms with E-state index in [-0.39, 0.29) is 6.42 Å². The van der Waals surface area contributed by atoms with Crippen LogP contribution in [0.25, 0.3) is 0 Å². The third kappa shape index (κ3) is 3.48. The molecule has 0 spiro atoms. The first kappa shape index (κ1) is 10.7. The van der Waals surface area contributed by atoms with Crippen molar-refractivity contribution in [1.29, 1.82) is 0 Å². The second-order valence-electron chi connectivity index (χ2n) is 2.92. The number of carboxylic acids is 1. The summed E-state index contributed by atoms with van der Waals surface area (Å²) in [5.41, 5.74) is 1.23. The molecule has 0 atom stereocenters. The van der Waals surface area contributed by atoms with Crippen LogP contribution >= 0.6 is 27.3 Å². The normalized spacial score (nSPS) is 10.3. The molecular formula is C9H11BrO2S. The smallest absolute Gasteiger partial charge is 0.303 e. The zero-order valence-corrected chi connectivity index (χ0v) is 9.74. The van der Waals surface area contributed by atoms with Crippen LogP contribution in [0.1, 0.15) is 23.3 Å². The van der Waals surface area contributed by atoms with Crippen molar-refractivity contribution in [3.05, 3.63) is 20.3 Å². The molecule has 0 aliphatic carbocycles. The van der Waals surface area contributed by atoms with E-state index in [1.54, 1.807) is 11.3 Å². The van der Waals surface area contributed by atoms with Crippen molar-refractivity contribution in [2.45, 2.75) is 26.2 Å². The molecule has 2 nitrogen and oxygen atoms in total. The molecule has 72 valence electrons. The standard InChI is InChI=1S/C9H11BrO2S/c1-6-5-7(13-9(6)10)3-2-4-8(11)12/h5H,2-4H2,1H3,(H,11,12). The number of aliphatic carboxylic acids is 1. The molecule has 1 aromatic rings. The van der Waals surface area contributed by atoms with Gasteiger partial charge in [0, 0.05) is 11.3 Å². The first-order valence-corrected chi connectivity index (χ1v) is 5.67. The topological polar surface area (TPSA) is 37.3 Å². The fourth-order valence-corrected chi connectivity index (χ4v) is 2.73. The second-order valence-corrected chi connectivity index (χ2v) is 5.37. The minimum atomic E-state index is -0.715. The highest BCUT2D eigenvalue weighted by molar-refractivity contribution is 9.11. The maximum atomic E-state index is 10.3. The minimum Gasteiger partial charge on any atom is -0.481 e. The summed E-state index contributed by atoms with van der Waals surface area (Å²) in [4.78, 5) is 11.5. The van der Waals surface area contributed by atoms with Crippen molar-refractivity contribution < 1.29 is 9.90 Å². The lowest BCUT2D eigenvalue weighted by Gasteiger charge is -1.93. The Labute approximate surface area is 89.7 Å². The Hall–Kier alpha value is -0.350. The summed E-state index contributed by atoms with van der Waals surface area (Å²) in [6.45, 7) is 2.04. The zero-order chi connectivity index (χ0) is 9.84. The molecule has 0 saturated heterocycles. The van der Waals surface area contributed by atoms with Gasteiger partial charge in [-0.2, -0.15) is 0 Å². The van der Waals surface area contributed by atoms with Gasteiger partial charge in [-0.25, -0.2) is 0 Å². The maximum Gasteiger partial charge on any atom is 0.303 e. The van der Waals surface area contributed by atoms with Crippen molar-refractivity contribution in [3.8, 4) is 0 Å². The van der Waals surface area contributed by atoms with Gasteiger partial charge in [-0.05, 0) is 47.3 Å². The zero-order valence-electron chi connectivity index (χ0n) is 7.34. The SMILES string of the molecule is Cc1cc(CCCC(=O)O)sc1Br. The molecule has 0 aliphatic heterocycles. The Morgan fingerprint density at radius 1 is 1.69 bits per heavy atom. The van der Waals surface area contributed by atoms with E-state index in [2.05, 4.69) is 22.0 Å². The van der Waals surface area contributed by atoms with Crippen molar-refractivity contribution in [2.75, 3.05) is 0 Å². The van der Waals surface area contributed by atoms with Crippen LogP contribution in [0.4, 0.5) is 0 Å². The van der Waals surface area contributed by atoms with Crippen LogP contribution in [0.2, 0.25) is 0 Å². The number of carbonyl (C=O) groups is 1. The molecule has 0 aromatic carbocycles. The van der Waals surface area contributed by atoms with Crippen LogP contribution in [-0.4, -0.2) is 11.1 Å². The van der Waals surface area contributed by atoms with Crippen molar-refractivity contribution in [3.63, 3.8) is 0 Å². The molecule has 0 unspecified atom stereocenters. The van der Waals surface area contributed by atoms with E-state index in [0.717, 1.165) is 16.6 Å². The van der Waals surface area contributed by atoms with Crippen LogP contribution in [0.3, 0.4) is 0 Å². The number of hydrogen-bond donors (Lipinski definition) is 1. The predicted molar refractivity (Wildman–Crippen MR) is 57.3 cm³/mol. The monoisotopic (exact) mass is 262 g/mol. The Bertz CT molecular complexity index is 287. The molecule has 0 amide bonds. The summed E-state index contributed by atoms with van der Waals surface area (Å²) < 4.78 is 1.15. The molecule has 1 heterocycles. The fourth-order valence-electron chi connectivity index (χ4n) is 1.06. The number of halogens is 1. The Balaban J connectivity index is 2.41. The number of carboxylic acid groups (broad SMARTS) is 1. The fraction of sp³-hybridized carbons (Fsp3) is 0.444. The maximum absolute atomic E-state index is 10.3. The third-order valence-corrected chi connectivity index (χ3v) is 3.92. The average molecular weight is 263 g/mol. The molecule has 1 N–H and O–H groups in total. The molecule has 0 fully saturated rings. The molecule has 1 aromatic heterocycles. The second kappa shape index (κ2) is 4.77. The molecule has 13 heavy (non-hydrogen) atoms.